The molecule has 5 heteroatoms. The number of anilines is 1. The quantitative estimate of drug-likeness (QED) is 0.787. The zero-order valence-corrected chi connectivity index (χ0v) is 9.52. The summed E-state index contributed by atoms with van der Waals surface area (Å²) in [5.41, 5.74) is 0.230. The van der Waals surface area contributed by atoms with Crippen LogP contribution in [0.5, 0.6) is 0 Å². The van der Waals surface area contributed by atoms with Gasteiger partial charge >= 0.3 is 0 Å². The molecular formula is C11H17FN2O2. The van der Waals surface area contributed by atoms with E-state index in [1.807, 2.05) is 0 Å². The molecule has 0 saturated heterocycles. The number of rotatable bonds is 5. The van der Waals surface area contributed by atoms with Crippen molar-refractivity contribution in [2.24, 2.45) is 0 Å². The summed E-state index contributed by atoms with van der Waals surface area (Å²) in [4.78, 5) is 5.55. The van der Waals surface area contributed by atoms with Crippen LogP contribution in [0.15, 0.2) is 12.3 Å². The number of nitrogens with zero attached hydrogens (tertiary/aromatic N) is 2. The highest BCUT2D eigenvalue weighted by molar-refractivity contribution is 5.41. The van der Waals surface area contributed by atoms with Crippen molar-refractivity contribution in [1.82, 2.24) is 4.98 Å². The van der Waals surface area contributed by atoms with Crippen LogP contribution in [0.4, 0.5) is 10.2 Å². The number of aliphatic hydroxyl groups is 2. The van der Waals surface area contributed by atoms with Crippen LogP contribution in [0, 0.1) is 5.82 Å². The molecule has 2 N–H and O–H groups in total. The molecule has 0 fully saturated rings. The number of hydrogen-bond donors (Lipinski definition) is 2. The zero-order valence-electron chi connectivity index (χ0n) is 9.52. The lowest BCUT2D eigenvalue weighted by Gasteiger charge is -2.20. The molecule has 0 aliphatic heterocycles. The van der Waals surface area contributed by atoms with Crippen molar-refractivity contribution in [3.05, 3.63) is 23.6 Å². The summed E-state index contributed by atoms with van der Waals surface area (Å²) >= 11 is 0. The lowest BCUT2D eigenvalue weighted by atomic mass is 10.2. The van der Waals surface area contributed by atoms with Crippen molar-refractivity contribution in [1.29, 1.82) is 0 Å². The molecule has 0 spiro atoms. The number of aliphatic hydroxyl groups excluding tert-OH is 2. The average molecular weight is 228 g/mol. The van der Waals surface area contributed by atoms with Gasteiger partial charge < -0.3 is 15.1 Å². The summed E-state index contributed by atoms with van der Waals surface area (Å²) in [5.74, 6) is -0.301. The van der Waals surface area contributed by atoms with Crippen LogP contribution in [0.25, 0.3) is 0 Å². The molecule has 0 aliphatic carbocycles. The summed E-state index contributed by atoms with van der Waals surface area (Å²) in [5, 5.41) is 18.1. The van der Waals surface area contributed by atoms with E-state index in [1.165, 1.54) is 12.3 Å². The summed E-state index contributed by atoms with van der Waals surface area (Å²) in [7, 11) is 1.70. The van der Waals surface area contributed by atoms with Gasteiger partial charge in [-0.3, -0.25) is 0 Å². The van der Waals surface area contributed by atoms with Gasteiger partial charge in [-0.15, -0.1) is 0 Å². The van der Waals surface area contributed by atoms with Crippen LogP contribution in [-0.2, 0) is 6.61 Å². The molecule has 1 aromatic rings. The molecule has 1 aromatic heterocycles. The molecule has 1 rings (SSSR count). The summed E-state index contributed by atoms with van der Waals surface area (Å²) in [6.07, 6.45) is 1.58. The van der Waals surface area contributed by atoms with E-state index in [0.29, 0.717) is 13.0 Å². The van der Waals surface area contributed by atoms with Crippen LogP contribution in [0.1, 0.15) is 18.9 Å². The van der Waals surface area contributed by atoms with Gasteiger partial charge in [-0.25, -0.2) is 9.37 Å². The van der Waals surface area contributed by atoms with Gasteiger partial charge in [-0.05, 0) is 19.4 Å². The molecule has 0 aliphatic rings. The summed E-state index contributed by atoms with van der Waals surface area (Å²) in [6.45, 7) is 1.85. The number of pyridine rings is 1. The van der Waals surface area contributed by atoms with Crippen molar-refractivity contribution in [2.75, 3.05) is 18.5 Å². The predicted molar refractivity (Wildman–Crippen MR) is 59.7 cm³/mol. The van der Waals surface area contributed by atoms with Crippen LogP contribution in [0.3, 0.4) is 0 Å². The second kappa shape index (κ2) is 5.77. The topological polar surface area (TPSA) is 56.6 Å². The first kappa shape index (κ1) is 12.9. The maximum Gasteiger partial charge on any atom is 0.171 e. The Morgan fingerprint density at radius 1 is 1.56 bits per heavy atom. The van der Waals surface area contributed by atoms with Gasteiger partial charge in [0.05, 0.1) is 12.7 Å². The second-order valence-electron chi connectivity index (χ2n) is 3.83. The Morgan fingerprint density at radius 2 is 2.25 bits per heavy atom. The minimum absolute atomic E-state index is 0.201. The monoisotopic (exact) mass is 228 g/mol. The van der Waals surface area contributed by atoms with Gasteiger partial charge in [0.1, 0.15) is 0 Å². The standard InChI is InChI=1S/C11H17FN2O2/c1-8(16)4-6-14(2)11-10(12)9(7-15)3-5-13-11/h3,5,8,15-16H,4,6-7H2,1-2H3. The van der Waals surface area contributed by atoms with E-state index >= 15 is 0 Å². The molecule has 0 radical (unpaired) electrons. The molecule has 1 heterocycles. The lowest BCUT2D eigenvalue weighted by Crippen LogP contribution is -2.24. The summed E-state index contributed by atoms with van der Waals surface area (Å²) < 4.78 is 13.7. The van der Waals surface area contributed by atoms with Crippen molar-refractivity contribution < 1.29 is 14.6 Å². The Morgan fingerprint density at radius 3 is 2.81 bits per heavy atom. The van der Waals surface area contributed by atoms with E-state index < -0.39 is 11.9 Å². The first-order chi connectivity index (χ1) is 7.56. The van der Waals surface area contributed by atoms with Crippen LogP contribution in [-0.4, -0.2) is 34.9 Å². The molecule has 4 nitrogen and oxygen atoms in total. The first-order valence-electron chi connectivity index (χ1n) is 5.19. The van der Waals surface area contributed by atoms with Crippen molar-refractivity contribution >= 4 is 5.82 Å². The Balaban J connectivity index is 2.78. The van der Waals surface area contributed by atoms with Gasteiger partial charge in [-0.2, -0.15) is 0 Å². The minimum atomic E-state index is -0.502. The maximum atomic E-state index is 13.7. The highest BCUT2D eigenvalue weighted by Gasteiger charge is 2.13. The molecule has 0 saturated carbocycles. The second-order valence-corrected chi connectivity index (χ2v) is 3.83. The summed E-state index contributed by atoms with van der Waals surface area (Å²) in [6, 6.07) is 1.45. The molecular weight excluding hydrogens is 211 g/mol. The predicted octanol–water partition coefficient (Wildman–Crippen LogP) is 0.920. The van der Waals surface area contributed by atoms with E-state index in [0.717, 1.165) is 0 Å². The fourth-order valence-electron chi connectivity index (χ4n) is 1.35. The minimum Gasteiger partial charge on any atom is -0.393 e. The molecule has 16 heavy (non-hydrogen) atoms. The molecule has 0 aromatic carbocycles. The third-order valence-corrected chi connectivity index (χ3v) is 2.36. The van der Waals surface area contributed by atoms with E-state index in [9.17, 15) is 4.39 Å². The van der Waals surface area contributed by atoms with E-state index in [1.54, 1.807) is 18.9 Å². The molecule has 0 bridgehead atoms. The van der Waals surface area contributed by atoms with Gasteiger partial charge in [0.15, 0.2) is 11.6 Å². The normalized spacial score (nSPS) is 12.6. The van der Waals surface area contributed by atoms with Crippen LogP contribution >= 0.6 is 0 Å². The van der Waals surface area contributed by atoms with Crippen LogP contribution < -0.4 is 4.90 Å². The highest BCUT2D eigenvalue weighted by atomic mass is 19.1. The zero-order chi connectivity index (χ0) is 12.1. The SMILES string of the molecule is CC(O)CCN(C)c1nccc(CO)c1F. The van der Waals surface area contributed by atoms with Crippen LogP contribution in [0.2, 0.25) is 0 Å². The smallest absolute Gasteiger partial charge is 0.171 e. The molecule has 90 valence electrons. The number of hydrogen-bond acceptors (Lipinski definition) is 4. The Kier molecular flexibility index (Phi) is 4.64. The highest BCUT2D eigenvalue weighted by Crippen LogP contribution is 2.18. The third kappa shape index (κ3) is 3.15. The molecule has 1 atom stereocenters. The van der Waals surface area contributed by atoms with E-state index in [-0.39, 0.29) is 18.0 Å². The number of aromatic nitrogens is 1. The average Bonchev–Trinajstić information content (AvgIpc) is 2.26. The molecule has 0 amide bonds. The fourth-order valence-corrected chi connectivity index (χ4v) is 1.35. The Bertz CT molecular complexity index is 345. The maximum absolute atomic E-state index is 13.7. The van der Waals surface area contributed by atoms with Gasteiger partial charge in [0.25, 0.3) is 0 Å². The first-order valence-corrected chi connectivity index (χ1v) is 5.19. The lowest BCUT2D eigenvalue weighted by molar-refractivity contribution is 0.186. The third-order valence-electron chi connectivity index (χ3n) is 2.36. The van der Waals surface area contributed by atoms with E-state index in [4.69, 9.17) is 10.2 Å². The van der Waals surface area contributed by atoms with E-state index in [2.05, 4.69) is 4.98 Å². The van der Waals surface area contributed by atoms with Gasteiger partial charge in [0, 0.05) is 25.4 Å². The van der Waals surface area contributed by atoms with Crippen molar-refractivity contribution in [2.45, 2.75) is 26.1 Å². The number of halogens is 1. The molecule has 1 unspecified atom stereocenters. The van der Waals surface area contributed by atoms with Gasteiger partial charge in [-0.1, -0.05) is 0 Å². The Labute approximate surface area is 94.4 Å². The van der Waals surface area contributed by atoms with Crippen molar-refractivity contribution in [3.8, 4) is 0 Å². The van der Waals surface area contributed by atoms with Crippen molar-refractivity contribution in [3.63, 3.8) is 0 Å². The van der Waals surface area contributed by atoms with Gasteiger partial charge in [0.2, 0.25) is 0 Å². The fraction of sp³-hybridized carbons (Fsp3) is 0.545. The largest absolute Gasteiger partial charge is 0.393 e. The Hall–Kier alpha value is -1.20.